The van der Waals surface area contributed by atoms with Gasteiger partial charge in [0.1, 0.15) is 0 Å². The maximum atomic E-state index is 12.6. The van der Waals surface area contributed by atoms with E-state index in [1.165, 1.54) is 17.7 Å². The Kier molecular flexibility index (Phi) is 6.70. The molecule has 4 nitrogen and oxygen atoms in total. The highest BCUT2D eigenvalue weighted by atomic mass is 19.4. The molecular weight excluding hydrogens is 369 g/mol. The highest BCUT2D eigenvalue weighted by molar-refractivity contribution is 5.78. The fourth-order valence-electron chi connectivity index (χ4n) is 3.18. The van der Waals surface area contributed by atoms with Crippen LogP contribution < -0.4 is 5.32 Å². The van der Waals surface area contributed by atoms with Gasteiger partial charge in [0, 0.05) is 26.2 Å². The van der Waals surface area contributed by atoms with Gasteiger partial charge in [0.2, 0.25) is 5.91 Å². The maximum absolute atomic E-state index is 12.6. The summed E-state index contributed by atoms with van der Waals surface area (Å²) >= 11 is 0. The average Bonchev–Trinajstić information content (AvgIpc) is 2.67. The largest absolute Gasteiger partial charge is 0.416 e. The van der Waals surface area contributed by atoms with Gasteiger partial charge in [-0.2, -0.15) is 13.2 Å². The Bertz CT molecular complexity index is 763. The maximum Gasteiger partial charge on any atom is 0.416 e. The van der Waals surface area contributed by atoms with Gasteiger partial charge in [-0.3, -0.25) is 9.69 Å². The van der Waals surface area contributed by atoms with Crippen molar-refractivity contribution >= 4 is 5.91 Å². The Morgan fingerprint density at radius 3 is 2.46 bits per heavy atom. The highest BCUT2D eigenvalue weighted by Crippen LogP contribution is 2.29. The molecule has 1 atom stereocenters. The third-order valence-electron chi connectivity index (χ3n) is 4.64. The van der Waals surface area contributed by atoms with Crippen LogP contribution in [0.15, 0.2) is 54.6 Å². The number of hydrogen-bond donors (Lipinski definition) is 1. The molecule has 0 aromatic heterocycles. The first kappa shape index (κ1) is 20.4. The number of benzene rings is 2. The van der Waals surface area contributed by atoms with Crippen molar-refractivity contribution in [3.8, 4) is 0 Å². The molecule has 0 spiro atoms. The Hall–Kier alpha value is -2.38. The van der Waals surface area contributed by atoms with E-state index in [1.807, 2.05) is 18.2 Å². The Morgan fingerprint density at radius 2 is 1.79 bits per heavy atom. The zero-order chi connectivity index (χ0) is 20.0. The minimum absolute atomic E-state index is 0.0403. The number of nitrogens with zero attached hydrogens (tertiary/aromatic N) is 1. The van der Waals surface area contributed by atoms with Crippen LogP contribution in [0.25, 0.3) is 0 Å². The van der Waals surface area contributed by atoms with Crippen molar-refractivity contribution in [2.45, 2.75) is 25.2 Å². The molecule has 1 heterocycles. The number of alkyl halides is 3. The molecule has 0 radical (unpaired) electrons. The quantitative estimate of drug-likeness (QED) is 0.821. The molecule has 2 aromatic carbocycles. The lowest BCUT2D eigenvalue weighted by atomic mass is 10.1. The predicted octanol–water partition coefficient (Wildman–Crippen LogP) is 3.27. The van der Waals surface area contributed by atoms with Gasteiger partial charge in [0.25, 0.3) is 0 Å². The van der Waals surface area contributed by atoms with E-state index < -0.39 is 11.7 Å². The van der Waals surface area contributed by atoms with Crippen LogP contribution in [0.3, 0.4) is 0 Å². The van der Waals surface area contributed by atoms with Gasteiger partial charge in [0.15, 0.2) is 0 Å². The molecule has 1 amide bonds. The number of ether oxygens (including phenoxy) is 1. The van der Waals surface area contributed by atoms with Crippen molar-refractivity contribution in [3.63, 3.8) is 0 Å². The van der Waals surface area contributed by atoms with Crippen molar-refractivity contribution < 1.29 is 22.7 Å². The van der Waals surface area contributed by atoms with E-state index in [0.717, 1.165) is 31.8 Å². The summed E-state index contributed by atoms with van der Waals surface area (Å²) in [6.45, 7) is 3.37. The standard InChI is InChI=1S/C21H23F3N2O2/c22-21(23,24)18-8-6-16(7-9-18)12-20(27)25-13-19-15-26(10-11-28-19)14-17-4-2-1-3-5-17/h1-9,19H,10-15H2,(H,25,27). The van der Waals surface area contributed by atoms with E-state index in [-0.39, 0.29) is 18.4 Å². The highest BCUT2D eigenvalue weighted by Gasteiger charge is 2.30. The molecular formula is C21H23F3N2O2. The van der Waals surface area contributed by atoms with Crippen LogP contribution in [0.2, 0.25) is 0 Å². The van der Waals surface area contributed by atoms with Crippen LogP contribution in [-0.2, 0) is 28.7 Å². The van der Waals surface area contributed by atoms with Crippen molar-refractivity contribution in [3.05, 3.63) is 71.3 Å². The average molecular weight is 392 g/mol. The molecule has 0 aliphatic carbocycles. The molecule has 2 aromatic rings. The SMILES string of the molecule is O=C(Cc1ccc(C(F)(F)F)cc1)NCC1CN(Cc2ccccc2)CCO1. The fourth-order valence-corrected chi connectivity index (χ4v) is 3.18. The van der Waals surface area contributed by atoms with Crippen molar-refractivity contribution in [2.24, 2.45) is 0 Å². The second-order valence-electron chi connectivity index (χ2n) is 6.89. The second-order valence-corrected chi connectivity index (χ2v) is 6.89. The summed E-state index contributed by atoms with van der Waals surface area (Å²) in [5.74, 6) is -0.233. The number of carbonyl (C=O) groups is 1. The number of hydrogen-bond acceptors (Lipinski definition) is 3. The first-order chi connectivity index (χ1) is 13.4. The van der Waals surface area contributed by atoms with E-state index in [2.05, 4.69) is 22.3 Å². The van der Waals surface area contributed by atoms with Crippen molar-refractivity contribution in [2.75, 3.05) is 26.2 Å². The van der Waals surface area contributed by atoms with E-state index >= 15 is 0 Å². The number of amides is 1. The molecule has 1 fully saturated rings. The molecule has 0 bridgehead atoms. The summed E-state index contributed by atoms with van der Waals surface area (Å²) in [6.07, 6.45) is -4.43. The Morgan fingerprint density at radius 1 is 1.07 bits per heavy atom. The van der Waals surface area contributed by atoms with Crippen LogP contribution >= 0.6 is 0 Å². The second kappa shape index (κ2) is 9.21. The van der Waals surface area contributed by atoms with Gasteiger partial charge >= 0.3 is 6.18 Å². The molecule has 1 aliphatic heterocycles. The van der Waals surface area contributed by atoms with Crippen LogP contribution in [0.1, 0.15) is 16.7 Å². The number of rotatable bonds is 6. The van der Waals surface area contributed by atoms with Crippen LogP contribution in [0, 0.1) is 0 Å². The molecule has 1 unspecified atom stereocenters. The smallest absolute Gasteiger partial charge is 0.374 e. The van der Waals surface area contributed by atoms with Gasteiger partial charge in [-0.25, -0.2) is 0 Å². The fraction of sp³-hybridized carbons (Fsp3) is 0.381. The lowest BCUT2D eigenvalue weighted by Gasteiger charge is -2.33. The van der Waals surface area contributed by atoms with Crippen molar-refractivity contribution in [1.82, 2.24) is 10.2 Å². The lowest BCUT2D eigenvalue weighted by Crippen LogP contribution is -2.47. The molecule has 28 heavy (non-hydrogen) atoms. The normalized spacial score (nSPS) is 18.0. The van der Waals surface area contributed by atoms with E-state index in [0.29, 0.717) is 18.7 Å². The third kappa shape index (κ3) is 6.07. The van der Waals surface area contributed by atoms with Crippen LogP contribution in [0.4, 0.5) is 13.2 Å². The molecule has 7 heteroatoms. The molecule has 1 N–H and O–H groups in total. The van der Waals surface area contributed by atoms with Crippen LogP contribution in [0.5, 0.6) is 0 Å². The Labute approximate surface area is 162 Å². The monoisotopic (exact) mass is 392 g/mol. The summed E-state index contributed by atoms with van der Waals surface area (Å²) in [5, 5.41) is 2.82. The summed E-state index contributed by atoms with van der Waals surface area (Å²) in [6, 6.07) is 14.8. The van der Waals surface area contributed by atoms with Gasteiger partial charge < -0.3 is 10.1 Å². The van der Waals surface area contributed by atoms with E-state index in [9.17, 15) is 18.0 Å². The first-order valence-corrected chi connectivity index (χ1v) is 9.21. The van der Waals surface area contributed by atoms with Gasteiger partial charge in [-0.15, -0.1) is 0 Å². The lowest BCUT2D eigenvalue weighted by molar-refractivity contribution is -0.137. The van der Waals surface area contributed by atoms with Gasteiger partial charge in [-0.1, -0.05) is 42.5 Å². The summed E-state index contributed by atoms with van der Waals surface area (Å²) in [5.41, 5.74) is 1.06. The van der Waals surface area contributed by atoms with Gasteiger partial charge in [-0.05, 0) is 23.3 Å². The first-order valence-electron chi connectivity index (χ1n) is 9.21. The minimum atomic E-state index is -4.37. The van der Waals surface area contributed by atoms with E-state index in [1.54, 1.807) is 0 Å². The van der Waals surface area contributed by atoms with Crippen molar-refractivity contribution in [1.29, 1.82) is 0 Å². The summed E-state index contributed by atoms with van der Waals surface area (Å²) in [4.78, 5) is 14.4. The Balaban J connectivity index is 1.43. The predicted molar refractivity (Wildman–Crippen MR) is 99.6 cm³/mol. The number of carbonyl (C=O) groups excluding carboxylic acids is 1. The zero-order valence-electron chi connectivity index (χ0n) is 15.4. The van der Waals surface area contributed by atoms with E-state index in [4.69, 9.17) is 4.74 Å². The molecule has 150 valence electrons. The number of nitrogens with one attached hydrogen (secondary N) is 1. The summed E-state index contributed by atoms with van der Waals surface area (Å²) < 4.78 is 43.5. The third-order valence-corrected chi connectivity index (χ3v) is 4.64. The minimum Gasteiger partial charge on any atom is -0.374 e. The molecule has 3 rings (SSSR count). The molecule has 0 saturated carbocycles. The van der Waals surface area contributed by atoms with Gasteiger partial charge in [0.05, 0.1) is 24.7 Å². The zero-order valence-corrected chi connectivity index (χ0v) is 15.4. The summed E-state index contributed by atoms with van der Waals surface area (Å²) in [7, 11) is 0. The number of halogens is 3. The topological polar surface area (TPSA) is 41.6 Å². The molecule has 1 saturated heterocycles. The molecule has 1 aliphatic rings. The number of morpholine rings is 1. The van der Waals surface area contributed by atoms with Crippen LogP contribution in [-0.4, -0.2) is 43.2 Å².